The van der Waals surface area contributed by atoms with Gasteiger partial charge in [0.15, 0.2) is 0 Å². The van der Waals surface area contributed by atoms with Crippen molar-refractivity contribution < 1.29 is 4.39 Å². The molecule has 1 nitrogen and oxygen atoms in total. The molecule has 1 unspecified atom stereocenters. The number of benzene rings is 2. The van der Waals surface area contributed by atoms with Crippen LogP contribution in [0.2, 0.25) is 5.02 Å². The standard InChI is InChI=1S/C18H21ClFN/c1-3-11-21-18(14-9-7-13(2)8-10-14)12-15-16(19)5-4-6-17(15)20/h4-10,18,21H,3,11-12H2,1-2H3. The second-order valence-electron chi connectivity index (χ2n) is 5.32. The highest BCUT2D eigenvalue weighted by Crippen LogP contribution is 2.26. The van der Waals surface area contributed by atoms with Gasteiger partial charge in [-0.3, -0.25) is 0 Å². The van der Waals surface area contributed by atoms with Crippen molar-refractivity contribution in [3.63, 3.8) is 0 Å². The fourth-order valence-corrected chi connectivity index (χ4v) is 2.60. The molecule has 112 valence electrons. The Morgan fingerprint density at radius 2 is 1.86 bits per heavy atom. The SMILES string of the molecule is CCCNC(Cc1c(F)cccc1Cl)c1ccc(C)cc1. The van der Waals surface area contributed by atoms with Crippen molar-refractivity contribution in [3.8, 4) is 0 Å². The zero-order valence-electron chi connectivity index (χ0n) is 12.5. The summed E-state index contributed by atoms with van der Waals surface area (Å²) >= 11 is 6.15. The number of nitrogens with one attached hydrogen (secondary N) is 1. The van der Waals surface area contributed by atoms with E-state index in [-0.39, 0.29) is 11.9 Å². The van der Waals surface area contributed by atoms with Crippen molar-refractivity contribution >= 4 is 11.6 Å². The van der Waals surface area contributed by atoms with Crippen LogP contribution in [0.1, 0.15) is 36.1 Å². The summed E-state index contributed by atoms with van der Waals surface area (Å²) in [5.41, 5.74) is 2.96. The van der Waals surface area contributed by atoms with Gasteiger partial charge in [0, 0.05) is 16.6 Å². The predicted molar refractivity (Wildman–Crippen MR) is 87.3 cm³/mol. The molecule has 0 amide bonds. The summed E-state index contributed by atoms with van der Waals surface area (Å²) in [6.45, 7) is 5.08. The minimum Gasteiger partial charge on any atom is -0.310 e. The molecule has 2 rings (SSSR count). The zero-order valence-corrected chi connectivity index (χ0v) is 13.3. The molecule has 0 fully saturated rings. The first-order valence-corrected chi connectivity index (χ1v) is 7.72. The average Bonchev–Trinajstić information content (AvgIpc) is 2.47. The molecule has 2 aromatic rings. The minimum atomic E-state index is -0.238. The van der Waals surface area contributed by atoms with E-state index in [2.05, 4.69) is 43.4 Å². The Labute approximate surface area is 131 Å². The van der Waals surface area contributed by atoms with E-state index >= 15 is 0 Å². The monoisotopic (exact) mass is 305 g/mol. The smallest absolute Gasteiger partial charge is 0.127 e. The molecular formula is C18H21ClFN. The molecule has 1 atom stereocenters. The second-order valence-corrected chi connectivity index (χ2v) is 5.73. The Balaban J connectivity index is 2.26. The Bertz CT molecular complexity index is 560. The maximum Gasteiger partial charge on any atom is 0.127 e. The van der Waals surface area contributed by atoms with Crippen LogP contribution in [-0.2, 0) is 6.42 Å². The van der Waals surface area contributed by atoms with E-state index in [1.807, 2.05) is 0 Å². The third-order valence-electron chi connectivity index (χ3n) is 3.59. The summed E-state index contributed by atoms with van der Waals surface area (Å²) in [5, 5.41) is 3.97. The van der Waals surface area contributed by atoms with Crippen LogP contribution in [0.3, 0.4) is 0 Å². The predicted octanol–water partition coefficient (Wildman–Crippen LogP) is 5.07. The summed E-state index contributed by atoms with van der Waals surface area (Å²) in [7, 11) is 0. The van der Waals surface area contributed by atoms with Gasteiger partial charge in [0.1, 0.15) is 5.82 Å². The fourth-order valence-electron chi connectivity index (χ4n) is 2.36. The van der Waals surface area contributed by atoms with Crippen LogP contribution in [0, 0.1) is 12.7 Å². The molecule has 0 aliphatic heterocycles. The lowest BCUT2D eigenvalue weighted by atomic mass is 9.97. The quantitative estimate of drug-likeness (QED) is 0.785. The van der Waals surface area contributed by atoms with Crippen LogP contribution in [0.15, 0.2) is 42.5 Å². The summed E-state index contributed by atoms with van der Waals surface area (Å²) in [4.78, 5) is 0. The van der Waals surface area contributed by atoms with Crippen molar-refractivity contribution in [1.82, 2.24) is 5.32 Å². The number of hydrogen-bond acceptors (Lipinski definition) is 1. The fraction of sp³-hybridized carbons (Fsp3) is 0.333. The molecule has 0 bridgehead atoms. The van der Waals surface area contributed by atoms with Gasteiger partial charge >= 0.3 is 0 Å². The molecule has 0 saturated heterocycles. The molecule has 21 heavy (non-hydrogen) atoms. The van der Waals surface area contributed by atoms with E-state index in [9.17, 15) is 4.39 Å². The molecule has 0 aliphatic rings. The van der Waals surface area contributed by atoms with Crippen LogP contribution in [0.5, 0.6) is 0 Å². The zero-order chi connectivity index (χ0) is 15.2. The van der Waals surface area contributed by atoms with Crippen molar-refractivity contribution in [1.29, 1.82) is 0 Å². The van der Waals surface area contributed by atoms with E-state index in [0.717, 1.165) is 18.5 Å². The van der Waals surface area contributed by atoms with Crippen molar-refractivity contribution in [2.75, 3.05) is 6.54 Å². The Hall–Kier alpha value is -1.38. The van der Waals surface area contributed by atoms with Crippen LogP contribution < -0.4 is 5.32 Å². The normalized spacial score (nSPS) is 12.4. The maximum absolute atomic E-state index is 14.0. The third kappa shape index (κ3) is 4.29. The number of rotatable bonds is 6. The molecule has 0 spiro atoms. The largest absolute Gasteiger partial charge is 0.310 e. The Morgan fingerprint density at radius 1 is 1.14 bits per heavy atom. The molecule has 0 radical (unpaired) electrons. The molecular weight excluding hydrogens is 285 g/mol. The Kier molecular flexibility index (Phi) is 5.77. The highest BCUT2D eigenvalue weighted by molar-refractivity contribution is 6.31. The summed E-state index contributed by atoms with van der Waals surface area (Å²) in [6, 6.07) is 13.3. The highest BCUT2D eigenvalue weighted by Gasteiger charge is 2.16. The van der Waals surface area contributed by atoms with Crippen LogP contribution in [0.4, 0.5) is 4.39 Å². The minimum absolute atomic E-state index is 0.0694. The first kappa shape index (κ1) is 16.0. The number of aryl methyl sites for hydroxylation is 1. The summed E-state index contributed by atoms with van der Waals surface area (Å²) in [5.74, 6) is -0.238. The van der Waals surface area contributed by atoms with E-state index in [1.165, 1.54) is 11.6 Å². The van der Waals surface area contributed by atoms with Gasteiger partial charge in [-0.05, 0) is 44.0 Å². The van der Waals surface area contributed by atoms with Gasteiger partial charge in [-0.15, -0.1) is 0 Å². The van der Waals surface area contributed by atoms with Crippen molar-refractivity contribution in [2.24, 2.45) is 0 Å². The first-order valence-electron chi connectivity index (χ1n) is 7.34. The lowest BCUT2D eigenvalue weighted by molar-refractivity contribution is 0.513. The molecule has 0 aliphatic carbocycles. The van der Waals surface area contributed by atoms with Crippen molar-refractivity contribution in [3.05, 3.63) is 70.0 Å². The van der Waals surface area contributed by atoms with Gasteiger partial charge in [-0.2, -0.15) is 0 Å². The van der Waals surface area contributed by atoms with E-state index in [4.69, 9.17) is 11.6 Å². The maximum atomic E-state index is 14.0. The van der Waals surface area contributed by atoms with Gasteiger partial charge in [-0.1, -0.05) is 54.4 Å². The second kappa shape index (κ2) is 7.58. The van der Waals surface area contributed by atoms with Gasteiger partial charge in [-0.25, -0.2) is 4.39 Å². The van der Waals surface area contributed by atoms with Gasteiger partial charge in [0.2, 0.25) is 0 Å². The number of hydrogen-bond donors (Lipinski definition) is 1. The van der Waals surface area contributed by atoms with Gasteiger partial charge in [0.05, 0.1) is 0 Å². The topological polar surface area (TPSA) is 12.0 Å². The van der Waals surface area contributed by atoms with Crippen molar-refractivity contribution in [2.45, 2.75) is 32.7 Å². The van der Waals surface area contributed by atoms with Gasteiger partial charge in [0.25, 0.3) is 0 Å². The molecule has 1 N–H and O–H groups in total. The van der Waals surface area contributed by atoms with E-state index < -0.39 is 0 Å². The summed E-state index contributed by atoms with van der Waals surface area (Å²) in [6.07, 6.45) is 1.59. The third-order valence-corrected chi connectivity index (χ3v) is 3.94. The van der Waals surface area contributed by atoms with E-state index in [1.54, 1.807) is 12.1 Å². The van der Waals surface area contributed by atoms with Crippen LogP contribution in [0.25, 0.3) is 0 Å². The highest BCUT2D eigenvalue weighted by atomic mass is 35.5. The lowest BCUT2D eigenvalue weighted by Crippen LogP contribution is -2.24. The molecule has 2 aromatic carbocycles. The molecule has 0 heterocycles. The van der Waals surface area contributed by atoms with Gasteiger partial charge < -0.3 is 5.32 Å². The van der Waals surface area contributed by atoms with Crippen LogP contribution in [-0.4, -0.2) is 6.54 Å². The average molecular weight is 306 g/mol. The molecule has 3 heteroatoms. The number of halogens is 2. The van der Waals surface area contributed by atoms with E-state index in [0.29, 0.717) is 17.0 Å². The Morgan fingerprint density at radius 3 is 2.48 bits per heavy atom. The summed E-state index contributed by atoms with van der Waals surface area (Å²) < 4.78 is 14.0. The molecule has 0 aromatic heterocycles. The molecule has 0 saturated carbocycles. The first-order chi connectivity index (χ1) is 10.1. The van der Waals surface area contributed by atoms with Crippen LogP contribution >= 0.6 is 11.6 Å². The lowest BCUT2D eigenvalue weighted by Gasteiger charge is -2.20.